The SMILES string of the molecule is COc1ccc(OC2=C(Cl)C(=O)N(Cc3ccccc3)C2=O)cc1. The van der Waals surface area contributed by atoms with Crippen LogP contribution in [-0.4, -0.2) is 23.8 Å². The second-order valence-corrected chi connectivity index (χ2v) is 5.48. The van der Waals surface area contributed by atoms with E-state index in [1.165, 1.54) is 0 Å². The molecule has 2 aromatic rings. The van der Waals surface area contributed by atoms with E-state index in [0.717, 1.165) is 10.5 Å². The van der Waals surface area contributed by atoms with Gasteiger partial charge in [0.15, 0.2) is 5.03 Å². The Morgan fingerprint density at radius 2 is 1.54 bits per heavy atom. The molecule has 0 bridgehead atoms. The van der Waals surface area contributed by atoms with Gasteiger partial charge in [-0.15, -0.1) is 0 Å². The Balaban J connectivity index is 1.78. The molecule has 0 aromatic heterocycles. The third kappa shape index (κ3) is 3.12. The van der Waals surface area contributed by atoms with Crippen LogP contribution in [0.4, 0.5) is 0 Å². The average molecular weight is 344 g/mol. The van der Waals surface area contributed by atoms with Crippen molar-refractivity contribution in [1.82, 2.24) is 4.90 Å². The number of hydrogen-bond acceptors (Lipinski definition) is 4. The molecule has 0 saturated carbocycles. The van der Waals surface area contributed by atoms with Crippen LogP contribution in [0.3, 0.4) is 0 Å². The van der Waals surface area contributed by atoms with Crippen LogP contribution in [-0.2, 0) is 16.1 Å². The number of nitrogens with zero attached hydrogens (tertiary/aromatic N) is 1. The molecule has 2 aromatic carbocycles. The minimum Gasteiger partial charge on any atom is -0.497 e. The van der Waals surface area contributed by atoms with Gasteiger partial charge >= 0.3 is 0 Å². The van der Waals surface area contributed by atoms with Crippen molar-refractivity contribution in [3.05, 3.63) is 71.0 Å². The maximum absolute atomic E-state index is 12.5. The highest BCUT2D eigenvalue weighted by molar-refractivity contribution is 6.47. The molecular formula is C18H14ClNO4. The fourth-order valence-electron chi connectivity index (χ4n) is 2.28. The molecule has 1 aliphatic heterocycles. The largest absolute Gasteiger partial charge is 0.497 e. The molecule has 0 radical (unpaired) electrons. The van der Waals surface area contributed by atoms with Gasteiger partial charge in [-0.05, 0) is 29.8 Å². The Morgan fingerprint density at radius 1 is 0.917 bits per heavy atom. The lowest BCUT2D eigenvalue weighted by molar-refractivity contribution is -0.138. The molecule has 0 spiro atoms. The third-order valence-electron chi connectivity index (χ3n) is 3.53. The summed E-state index contributed by atoms with van der Waals surface area (Å²) in [6.07, 6.45) is 0. The summed E-state index contributed by atoms with van der Waals surface area (Å²) in [4.78, 5) is 25.8. The van der Waals surface area contributed by atoms with E-state index in [4.69, 9.17) is 21.1 Å². The summed E-state index contributed by atoms with van der Waals surface area (Å²) < 4.78 is 10.6. The highest BCUT2D eigenvalue weighted by atomic mass is 35.5. The fourth-order valence-corrected chi connectivity index (χ4v) is 2.51. The van der Waals surface area contributed by atoms with Gasteiger partial charge in [0, 0.05) is 0 Å². The summed E-state index contributed by atoms with van der Waals surface area (Å²) in [5, 5.41) is -0.216. The summed E-state index contributed by atoms with van der Waals surface area (Å²) >= 11 is 6.01. The quantitative estimate of drug-likeness (QED) is 0.783. The van der Waals surface area contributed by atoms with Crippen LogP contribution in [0.25, 0.3) is 0 Å². The molecule has 6 heteroatoms. The number of benzene rings is 2. The van der Waals surface area contributed by atoms with Crippen LogP contribution >= 0.6 is 11.6 Å². The minimum absolute atomic E-state index is 0.143. The van der Waals surface area contributed by atoms with E-state index < -0.39 is 11.8 Å². The van der Waals surface area contributed by atoms with Crippen molar-refractivity contribution in [2.45, 2.75) is 6.54 Å². The summed E-state index contributed by atoms with van der Waals surface area (Å²) in [7, 11) is 1.55. The molecule has 1 heterocycles. The lowest BCUT2D eigenvalue weighted by Gasteiger charge is -2.14. The van der Waals surface area contributed by atoms with E-state index >= 15 is 0 Å². The van der Waals surface area contributed by atoms with Gasteiger partial charge in [0.2, 0.25) is 5.76 Å². The Bertz CT molecular complexity index is 800. The molecule has 5 nitrogen and oxygen atoms in total. The van der Waals surface area contributed by atoms with Gasteiger partial charge < -0.3 is 9.47 Å². The van der Waals surface area contributed by atoms with Crippen molar-refractivity contribution >= 4 is 23.4 Å². The van der Waals surface area contributed by atoms with Crippen molar-refractivity contribution < 1.29 is 19.1 Å². The molecule has 0 unspecified atom stereocenters. The summed E-state index contributed by atoms with van der Waals surface area (Å²) in [5.41, 5.74) is 0.828. The summed E-state index contributed by atoms with van der Waals surface area (Å²) in [6, 6.07) is 15.8. The molecule has 0 fully saturated rings. The number of amides is 2. The number of carbonyl (C=O) groups is 2. The number of ether oxygens (including phenoxy) is 2. The van der Waals surface area contributed by atoms with Gasteiger partial charge in [-0.3, -0.25) is 14.5 Å². The number of halogens is 1. The van der Waals surface area contributed by atoms with E-state index in [1.54, 1.807) is 31.4 Å². The van der Waals surface area contributed by atoms with E-state index in [-0.39, 0.29) is 17.3 Å². The van der Waals surface area contributed by atoms with Gasteiger partial charge in [0.05, 0.1) is 13.7 Å². The Hall–Kier alpha value is -2.79. The van der Waals surface area contributed by atoms with Crippen LogP contribution in [0.2, 0.25) is 0 Å². The Labute approximate surface area is 144 Å². The molecule has 0 aliphatic carbocycles. The van der Waals surface area contributed by atoms with Gasteiger partial charge in [0.1, 0.15) is 11.5 Å². The van der Waals surface area contributed by atoms with E-state index in [9.17, 15) is 9.59 Å². The first-order valence-corrected chi connectivity index (χ1v) is 7.59. The third-order valence-corrected chi connectivity index (χ3v) is 3.87. The lowest BCUT2D eigenvalue weighted by atomic mass is 10.2. The predicted octanol–water partition coefficient (Wildman–Crippen LogP) is 3.09. The second-order valence-electron chi connectivity index (χ2n) is 5.10. The van der Waals surface area contributed by atoms with Crippen LogP contribution in [0, 0.1) is 0 Å². The molecule has 2 amide bonds. The average Bonchev–Trinajstić information content (AvgIpc) is 2.81. The zero-order chi connectivity index (χ0) is 17.1. The minimum atomic E-state index is -0.561. The number of rotatable bonds is 5. The second kappa shape index (κ2) is 6.76. The molecule has 24 heavy (non-hydrogen) atoms. The number of methoxy groups -OCH3 is 1. The van der Waals surface area contributed by atoms with E-state index in [1.807, 2.05) is 30.3 Å². The summed E-state index contributed by atoms with van der Waals surface area (Å²) in [5.74, 6) is -0.227. The standard InChI is InChI=1S/C18H14ClNO4/c1-23-13-7-9-14(10-8-13)24-16-15(19)17(21)20(18(16)22)11-12-5-3-2-4-6-12/h2-10H,11H2,1H3. The lowest BCUT2D eigenvalue weighted by Crippen LogP contribution is -2.31. The maximum Gasteiger partial charge on any atom is 0.298 e. The van der Waals surface area contributed by atoms with Crippen molar-refractivity contribution in [3.8, 4) is 11.5 Å². The topological polar surface area (TPSA) is 55.8 Å². The van der Waals surface area contributed by atoms with Crippen molar-refractivity contribution in [1.29, 1.82) is 0 Å². The van der Waals surface area contributed by atoms with Crippen molar-refractivity contribution in [2.24, 2.45) is 0 Å². The normalized spacial score (nSPS) is 14.3. The highest BCUT2D eigenvalue weighted by Gasteiger charge is 2.39. The van der Waals surface area contributed by atoms with Crippen LogP contribution in [0.5, 0.6) is 11.5 Å². The summed E-state index contributed by atoms with van der Waals surface area (Å²) in [6.45, 7) is 0.143. The van der Waals surface area contributed by atoms with Crippen LogP contribution in [0.1, 0.15) is 5.56 Å². The molecule has 3 rings (SSSR count). The van der Waals surface area contributed by atoms with Gasteiger partial charge in [0.25, 0.3) is 11.8 Å². The molecule has 0 N–H and O–H groups in total. The van der Waals surface area contributed by atoms with Crippen molar-refractivity contribution in [2.75, 3.05) is 7.11 Å². The first-order chi connectivity index (χ1) is 11.6. The molecule has 0 saturated heterocycles. The predicted molar refractivity (Wildman–Crippen MR) is 88.5 cm³/mol. The van der Waals surface area contributed by atoms with E-state index in [2.05, 4.69) is 0 Å². The van der Waals surface area contributed by atoms with Crippen LogP contribution in [0.15, 0.2) is 65.4 Å². The zero-order valence-corrected chi connectivity index (χ0v) is 13.6. The van der Waals surface area contributed by atoms with E-state index in [0.29, 0.717) is 11.5 Å². The van der Waals surface area contributed by atoms with Gasteiger partial charge in [-0.1, -0.05) is 41.9 Å². The first-order valence-electron chi connectivity index (χ1n) is 7.22. The fraction of sp³-hybridized carbons (Fsp3) is 0.111. The smallest absolute Gasteiger partial charge is 0.298 e. The van der Waals surface area contributed by atoms with Crippen molar-refractivity contribution in [3.63, 3.8) is 0 Å². The highest BCUT2D eigenvalue weighted by Crippen LogP contribution is 2.28. The zero-order valence-electron chi connectivity index (χ0n) is 12.9. The van der Waals surface area contributed by atoms with Gasteiger partial charge in [-0.25, -0.2) is 0 Å². The molecule has 122 valence electrons. The maximum atomic E-state index is 12.5. The first kappa shape index (κ1) is 16.1. The Morgan fingerprint density at radius 3 is 2.17 bits per heavy atom. The number of imide groups is 1. The van der Waals surface area contributed by atoms with Crippen LogP contribution < -0.4 is 9.47 Å². The van der Waals surface area contributed by atoms with Gasteiger partial charge in [-0.2, -0.15) is 0 Å². The number of carbonyl (C=O) groups excluding carboxylic acids is 2. The molecule has 1 aliphatic rings. The molecule has 0 atom stereocenters. The monoisotopic (exact) mass is 343 g/mol. The Kier molecular flexibility index (Phi) is 4.53. The number of hydrogen-bond donors (Lipinski definition) is 0. The molecular weight excluding hydrogens is 330 g/mol.